The topological polar surface area (TPSA) is 68.0 Å². The Morgan fingerprint density at radius 2 is 2.05 bits per heavy atom. The van der Waals surface area contributed by atoms with Crippen LogP contribution in [0.1, 0.15) is 31.1 Å². The molecule has 2 rings (SSSR count). The number of hydrogen-bond acceptors (Lipinski definition) is 3. The average Bonchev–Trinajstić information content (AvgIpc) is 2.46. The molecule has 0 radical (unpaired) electrons. The highest BCUT2D eigenvalue weighted by Crippen LogP contribution is 2.19. The molecule has 1 aromatic carbocycles. The highest BCUT2D eigenvalue weighted by Gasteiger charge is 2.29. The molecule has 3 N–H and O–H groups in total. The van der Waals surface area contributed by atoms with Gasteiger partial charge in [-0.1, -0.05) is 32.0 Å². The Hall–Kier alpha value is -1.94. The number of benzene rings is 1. The number of aromatic nitrogens is 1. The molecule has 0 spiro atoms. The van der Waals surface area contributed by atoms with Gasteiger partial charge in [-0.25, -0.2) is 0 Å². The average molecular weight is 271 g/mol. The van der Waals surface area contributed by atoms with Crippen LogP contribution in [0.2, 0.25) is 0 Å². The maximum atomic E-state index is 12.5. The molecule has 0 aliphatic rings. The molecule has 2 aromatic rings. The number of nitrogens with two attached hydrogens (primary N) is 1. The predicted octanol–water partition coefficient (Wildman–Crippen LogP) is 2.34. The second-order valence-electron chi connectivity index (χ2n) is 5.61. The van der Waals surface area contributed by atoms with Gasteiger partial charge < -0.3 is 11.1 Å². The van der Waals surface area contributed by atoms with Gasteiger partial charge >= 0.3 is 0 Å². The second kappa shape index (κ2) is 5.59. The van der Waals surface area contributed by atoms with Crippen LogP contribution in [-0.4, -0.2) is 23.0 Å². The van der Waals surface area contributed by atoms with Crippen LogP contribution >= 0.6 is 0 Å². The molecule has 0 saturated heterocycles. The quantitative estimate of drug-likeness (QED) is 0.897. The van der Waals surface area contributed by atoms with Crippen molar-refractivity contribution < 1.29 is 4.79 Å². The van der Waals surface area contributed by atoms with Gasteiger partial charge in [0, 0.05) is 18.1 Å². The molecule has 0 saturated carbocycles. The van der Waals surface area contributed by atoms with E-state index in [9.17, 15) is 4.79 Å². The molecule has 1 aromatic heterocycles. The molecule has 1 heterocycles. The van der Waals surface area contributed by atoms with Crippen LogP contribution in [-0.2, 0) is 0 Å². The smallest absolute Gasteiger partial charge is 0.252 e. The number of hydrogen-bond donors (Lipinski definition) is 2. The molecule has 106 valence electrons. The van der Waals surface area contributed by atoms with Crippen molar-refractivity contribution >= 4 is 16.8 Å². The van der Waals surface area contributed by atoms with Crippen LogP contribution in [0.4, 0.5) is 0 Å². The molecular weight excluding hydrogens is 250 g/mol. The second-order valence-corrected chi connectivity index (χ2v) is 5.61. The number of rotatable bonds is 4. The third-order valence-corrected chi connectivity index (χ3v) is 3.99. The van der Waals surface area contributed by atoms with Crippen LogP contribution in [0.5, 0.6) is 0 Å². The van der Waals surface area contributed by atoms with Crippen molar-refractivity contribution in [2.75, 3.05) is 6.54 Å². The molecule has 0 bridgehead atoms. The predicted molar refractivity (Wildman–Crippen MR) is 81.5 cm³/mol. The molecule has 0 aliphatic heterocycles. The lowest BCUT2D eigenvalue weighted by molar-refractivity contribution is 0.0885. The van der Waals surface area contributed by atoms with E-state index in [0.29, 0.717) is 12.1 Å². The molecule has 4 nitrogen and oxygen atoms in total. The summed E-state index contributed by atoms with van der Waals surface area (Å²) >= 11 is 0. The van der Waals surface area contributed by atoms with Gasteiger partial charge in [-0.05, 0) is 25.0 Å². The number of amides is 1. The van der Waals surface area contributed by atoms with Gasteiger partial charge in [0.25, 0.3) is 5.91 Å². The molecule has 4 heteroatoms. The largest absolute Gasteiger partial charge is 0.345 e. The van der Waals surface area contributed by atoms with Gasteiger partial charge in [0.2, 0.25) is 0 Å². The number of nitrogens with zero attached hydrogens (tertiary/aromatic N) is 1. The van der Waals surface area contributed by atoms with Crippen LogP contribution in [0.25, 0.3) is 10.9 Å². The van der Waals surface area contributed by atoms with Gasteiger partial charge in [-0.3, -0.25) is 9.78 Å². The first kappa shape index (κ1) is 14.5. The van der Waals surface area contributed by atoms with Crippen LogP contribution in [0.15, 0.2) is 36.5 Å². The van der Waals surface area contributed by atoms with Crippen LogP contribution in [0, 0.1) is 5.92 Å². The Labute approximate surface area is 119 Å². The van der Waals surface area contributed by atoms with Crippen molar-refractivity contribution in [1.29, 1.82) is 0 Å². The number of carbonyl (C=O) groups excluding carboxylic acids is 1. The van der Waals surface area contributed by atoms with Gasteiger partial charge in [0.1, 0.15) is 0 Å². The number of nitrogens with one attached hydrogen (secondary N) is 1. The summed E-state index contributed by atoms with van der Waals surface area (Å²) in [6, 6.07) is 9.37. The van der Waals surface area contributed by atoms with E-state index in [-0.39, 0.29) is 11.8 Å². The van der Waals surface area contributed by atoms with Gasteiger partial charge in [-0.15, -0.1) is 0 Å². The van der Waals surface area contributed by atoms with Gasteiger partial charge in [0.05, 0.1) is 16.6 Å². The summed E-state index contributed by atoms with van der Waals surface area (Å²) in [4.78, 5) is 16.8. The minimum absolute atomic E-state index is 0.106. The fourth-order valence-electron chi connectivity index (χ4n) is 2.05. The maximum absolute atomic E-state index is 12.5. The molecule has 1 atom stereocenters. The Kier molecular flexibility index (Phi) is 4.04. The monoisotopic (exact) mass is 271 g/mol. The van der Waals surface area contributed by atoms with Crippen molar-refractivity contribution in [2.45, 2.75) is 26.3 Å². The Morgan fingerprint density at radius 3 is 2.70 bits per heavy atom. The fourth-order valence-corrected chi connectivity index (χ4v) is 2.05. The minimum atomic E-state index is -0.415. The lowest BCUT2D eigenvalue weighted by Crippen LogP contribution is -2.55. The first-order valence-electron chi connectivity index (χ1n) is 6.84. The first-order chi connectivity index (χ1) is 9.48. The zero-order valence-electron chi connectivity index (χ0n) is 12.2. The van der Waals surface area contributed by atoms with E-state index in [4.69, 9.17) is 5.73 Å². The molecule has 0 aliphatic carbocycles. The standard InChI is InChI=1S/C16H21N3O/c1-11(2)16(3,10-17)19-15(20)13-8-9-18-14-7-5-4-6-12(13)14/h4-9,11H,10,17H2,1-3H3,(H,19,20). The Bertz CT molecular complexity index is 619. The summed E-state index contributed by atoms with van der Waals surface area (Å²) in [5.41, 5.74) is 6.86. The van der Waals surface area contributed by atoms with E-state index >= 15 is 0 Å². The number of para-hydroxylation sites is 1. The normalized spacial score (nSPS) is 14.2. The maximum Gasteiger partial charge on any atom is 0.252 e. The Balaban J connectivity index is 2.37. The molecule has 1 unspecified atom stereocenters. The van der Waals surface area contributed by atoms with Crippen molar-refractivity contribution in [2.24, 2.45) is 11.7 Å². The van der Waals surface area contributed by atoms with Gasteiger partial charge in [-0.2, -0.15) is 0 Å². The number of carbonyl (C=O) groups is 1. The zero-order valence-corrected chi connectivity index (χ0v) is 12.2. The van der Waals surface area contributed by atoms with E-state index in [1.807, 2.05) is 31.2 Å². The van der Waals surface area contributed by atoms with Crippen LogP contribution < -0.4 is 11.1 Å². The summed E-state index contributed by atoms with van der Waals surface area (Å²) in [6.45, 7) is 6.48. The lowest BCUT2D eigenvalue weighted by Gasteiger charge is -2.33. The van der Waals surface area contributed by atoms with Crippen LogP contribution in [0.3, 0.4) is 0 Å². The molecular formula is C16H21N3O. The van der Waals surface area contributed by atoms with E-state index in [1.165, 1.54) is 0 Å². The van der Waals surface area contributed by atoms with E-state index < -0.39 is 5.54 Å². The SMILES string of the molecule is CC(C)C(C)(CN)NC(=O)c1ccnc2ccccc12. The highest BCUT2D eigenvalue weighted by molar-refractivity contribution is 6.06. The summed E-state index contributed by atoms with van der Waals surface area (Å²) in [7, 11) is 0. The first-order valence-corrected chi connectivity index (χ1v) is 6.84. The van der Waals surface area contributed by atoms with E-state index in [2.05, 4.69) is 24.1 Å². The highest BCUT2D eigenvalue weighted by atomic mass is 16.1. The summed E-state index contributed by atoms with van der Waals surface area (Å²) < 4.78 is 0. The lowest BCUT2D eigenvalue weighted by atomic mass is 9.88. The molecule has 0 fully saturated rings. The van der Waals surface area contributed by atoms with Crippen molar-refractivity contribution in [1.82, 2.24) is 10.3 Å². The van der Waals surface area contributed by atoms with Gasteiger partial charge in [0.15, 0.2) is 0 Å². The van der Waals surface area contributed by atoms with Crippen molar-refractivity contribution in [3.8, 4) is 0 Å². The van der Waals surface area contributed by atoms with Crippen molar-refractivity contribution in [3.63, 3.8) is 0 Å². The summed E-state index contributed by atoms with van der Waals surface area (Å²) in [6.07, 6.45) is 1.66. The number of pyridine rings is 1. The summed E-state index contributed by atoms with van der Waals surface area (Å²) in [5, 5.41) is 3.92. The minimum Gasteiger partial charge on any atom is -0.345 e. The summed E-state index contributed by atoms with van der Waals surface area (Å²) in [5.74, 6) is 0.148. The Morgan fingerprint density at radius 1 is 1.35 bits per heavy atom. The fraction of sp³-hybridized carbons (Fsp3) is 0.375. The van der Waals surface area contributed by atoms with Crippen molar-refractivity contribution in [3.05, 3.63) is 42.1 Å². The zero-order chi connectivity index (χ0) is 14.8. The third kappa shape index (κ3) is 2.65. The van der Waals surface area contributed by atoms with E-state index in [0.717, 1.165) is 10.9 Å². The van der Waals surface area contributed by atoms with E-state index in [1.54, 1.807) is 12.3 Å². The molecule has 1 amide bonds. The number of fused-ring (bicyclic) bond motifs is 1. The third-order valence-electron chi connectivity index (χ3n) is 3.99. The molecule has 20 heavy (non-hydrogen) atoms.